The summed E-state index contributed by atoms with van der Waals surface area (Å²) in [5.74, 6) is -0.483. The Morgan fingerprint density at radius 3 is 2.79 bits per heavy atom. The van der Waals surface area contributed by atoms with Crippen molar-refractivity contribution < 1.29 is 9.18 Å². The molecule has 1 aliphatic rings. The number of halogens is 2. The smallest absolute Gasteiger partial charge is 0.256 e. The van der Waals surface area contributed by atoms with Crippen molar-refractivity contribution in [2.24, 2.45) is 5.92 Å². The van der Waals surface area contributed by atoms with Crippen molar-refractivity contribution in [2.45, 2.75) is 6.42 Å². The van der Waals surface area contributed by atoms with Crippen molar-refractivity contribution in [3.63, 3.8) is 0 Å². The Kier molecular flexibility index (Phi) is 5.05. The van der Waals surface area contributed by atoms with E-state index in [0.717, 1.165) is 19.5 Å². The van der Waals surface area contributed by atoms with Crippen molar-refractivity contribution in [1.29, 1.82) is 0 Å². The maximum atomic E-state index is 13.9. The highest BCUT2D eigenvalue weighted by Crippen LogP contribution is 2.24. The van der Waals surface area contributed by atoms with Crippen LogP contribution < -0.4 is 4.90 Å². The van der Waals surface area contributed by atoms with Gasteiger partial charge in [-0.1, -0.05) is 29.8 Å². The van der Waals surface area contributed by atoms with E-state index in [-0.39, 0.29) is 11.5 Å². The first-order chi connectivity index (χ1) is 11.5. The molecule has 0 saturated carbocycles. The van der Waals surface area contributed by atoms with Gasteiger partial charge >= 0.3 is 0 Å². The lowest BCUT2D eigenvalue weighted by molar-refractivity contribution is 0.0771. The molecule has 0 spiro atoms. The van der Waals surface area contributed by atoms with E-state index < -0.39 is 5.82 Å². The summed E-state index contributed by atoms with van der Waals surface area (Å²) in [5, 5.41) is 0.365. The van der Waals surface area contributed by atoms with Crippen molar-refractivity contribution in [2.75, 3.05) is 31.6 Å². The molecule has 0 aromatic heterocycles. The van der Waals surface area contributed by atoms with E-state index in [0.29, 0.717) is 17.5 Å². The van der Waals surface area contributed by atoms with Gasteiger partial charge in [0.05, 0.1) is 5.56 Å². The summed E-state index contributed by atoms with van der Waals surface area (Å²) in [4.78, 5) is 16.4. The van der Waals surface area contributed by atoms with E-state index in [9.17, 15) is 9.18 Å². The normalized spacial score (nSPS) is 17.1. The van der Waals surface area contributed by atoms with Crippen LogP contribution >= 0.6 is 11.6 Å². The molecule has 1 fully saturated rings. The molecule has 1 saturated heterocycles. The first kappa shape index (κ1) is 16.8. The summed E-state index contributed by atoms with van der Waals surface area (Å²) in [5.41, 5.74) is 1.23. The largest absolute Gasteiger partial charge is 0.371 e. The molecule has 3 nitrogen and oxygen atoms in total. The van der Waals surface area contributed by atoms with Gasteiger partial charge in [-0.15, -0.1) is 0 Å². The number of para-hydroxylation sites is 1. The van der Waals surface area contributed by atoms with Crippen LogP contribution in [0, 0.1) is 11.7 Å². The number of nitrogens with zero attached hydrogens (tertiary/aromatic N) is 2. The molecule has 0 N–H and O–H groups in total. The van der Waals surface area contributed by atoms with Crippen LogP contribution in [0.25, 0.3) is 0 Å². The van der Waals surface area contributed by atoms with Gasteiger partial charge in [0.15, 0.2) is 0 Å². The van der Waals surface area contributed by atoms with Gasteiger partial charge in [-0.3, -0.25) is 4.79 Å². The molecule has 1 heterocycles. The highest BCUT2D eigenvalue weighted by molar-refractivity contribution is 6.31. The third-order valence-electron chi connectivity index (χ3n) is 4.44. The molecule has 1 atom stereocenters. The number of amides is 1. The minimum Gasteiger partial charge on any atom is -0.371 e. The Balaban J connectivity index is 1.62. The lowest BCUT2D eigenvalue weighted by Crippen LogP contribution is -2.33. The van der Waals surface area contributed by atoms with Crippen molar-refractivity contribution in [3.05, 3.63) is 64.9 Å². The van der Waals surface area contributed by atoms with E-state index >= 15 is 0 Å². The van der Waals surface area contributed by atoms with Gasteiger partial charge in [-0.25, -0.2) is 4.39 Å². The van der Waals surface area contributed by atoms with Crippen LogP contribution in [0.15, 0.2) is 48.5 Å². The molecule has 2 aromatic rings. The van der Waals surface area contributed by atoms with Crippen LogP contribution in [0.5, 0.6) is 0 Å². The van der Waals surface area contributed by atoms with E-state index in [4.69, 9.17) is 11.6 Å². The molecular weight excluding hydrogens is 327 g/mol. The molecule has 5 heteroatoms. The first-order valence-electron chi connectivity index (χ1n) is 8.05. The number of anilines is 1. The summed E-state index contributed by atoms with van der Waals surface area (Å²) in [7, 11) is 1.72. The van der Waals surface area contributed by atoms with Crippen LogP contribution in [0.2, 0.25) is 5.02 Å². The molecule has 1 amide bonds. The van der Waals surface area contributed by atoms with Gasteiger partial charge in [-0.05, 0) is 42.7 Å². The summed E-state index contributed by atoms with van der Waals surface area (Å²) in [6.45, 7) is 2.48. The van der Waals surface area contributed by atoms with Gasteiger partial charge in [0.1, 0.15) is 5.82 Å². The number of carbonyl (C=O) groups excluding carboxylic acids is 1. The molecule has 3 rings (SSSR count). The van der Waals surface area contributed by atoms with Crippen molar-refractivity contribution in [3.8, 4) is 0 Å². The fraction of sp³-hybridized carbons (Fsp3) is 0.316. The standard InChI is InChI=1S/C19H20ClFN2O/c1-22(19(24)17-11-15(20)7-8-18(17)21)12-14-9-10-23(13-14)16-5-3-2-4-6-16/h2-8,11,14H,9-10,12-13H2,1H3/t14-/m1/s1. The number of hydrogen-bond donors (Lipinski definition) is 0. The predicted octanol–water partition coefficient (Wildman–Crippen LogP) is 4.08. The molecule has 0 aliphatic carbocycles. The molecule has 0 unspecified atom stereocenters. The van der Waals surface area contributed by atoms with Crippen molar-refractivity contribution >= 4 is 23.2 Å². The molecule has 2 aromatic carbocycles. The van der Waals surface area contributed by atoms with Gasteiger partial charge in [-0.2, -0.15) is 0 Å². The number of hydrogen-bond acceptors (Lipinski definition) is 2. The fourth-order valence-electron chi connectivity index (χ4n) is 3.19. The lowest BCUT2D eigenvalue weighted by atomic mass is 10.1. The summed E-state index contributed by atoms with van der Waals surface area (Å²) >= 11 is 5.88. The minimum atomic E-state index is -0.534. The second kappa shape index (κ2) is 7.22. The van der Waals surface area contributed by atoms with Crippen LogP contribution in [-0.2, 0) is 0 Å². The minimum absolute atomic E-state index is 0.0305. The van der Waals surface area contributed by atoms with Gasteiger partial charge in [0.25, 0.3) is 5.91 Å². The maximum Gasteiger partial charge on any atom is 0.256 e. The highest BCUT2D eigenvalue weighted by Gasteiger charge is 2.26. The Morgan fingerprint density at radius 1 is 1.29 bits per heavy atom. The van der Waals surface area contributed by atoms with E-state index in [2.05, 4.69) is 17.0 Å². The Bertz CT molecular complexity index is 723. The van der Waals surface area contributed by atoms with Crippen LogP contribution in [0.3, 0.4) is 0 Å². The monoisotopic (exact) mass is 346 g/mol. The Labute approximate surface area is 146 Å². The molecule has 0 radical (unpaired) electrons. The highest BCUT2D eigenvalue weighted by atomic mass is 35.5. The molecular formula is C19H20ClFN2O. The SMILES string of the molecule is CN(C[C@H]1CCN(c2ccccc2)C1)C(=O)c1cc(Cl)ccc1F. The average Bonchev–Trinajstić information content (AvgIpc) is 3.05. The van der Waals surface area contributed by atoms with E-state index in [1.165, 1.54) is 23.9 Å². The van der Waals surface area contributed by atoms with Crippen LogP contribution in [0.4, 0.5) is 10.1 Å². The second-order valence-electron chi connectivity index (χ2n) is 6.25. The lowest BCUT2D eigenvalue weighted by Gasteiger charge is -2.23. The summed E-state index contributed by atoms with van der Waals surface area (Å²) in [6.07, 6.45) is 1.02. The molecule has 0 bridgehead atoms. The third kappa shape index (κ3) is 3.70. The molecule has 24 heavy (non-hydrogen) atoms. The zero-order valence-electron chi connectivity index (χ0n) is 13.6. The molecule has 1 aliphatic heterocycles. The Morgan fingerprint density at radius 2 is 2.04 bits per heavy atom. The van der Waals surface area contributed by atoms with Crippen molar-refractivity contribution in [1.82, 2.24) is 4.90 Å². The second-order valence-corrected chi connectivity index (χ2v) is 6.68. The number of carbonyl (C=O) groups is 1. The summed E-state index contributed by atoms with van der Waals surface area (Å²) < 4.78 is 13.9. The molecule has 126 valence electrons. The summed E-state index contributed by atoms with van der Waals surface area (Å²) in [6, 6.07) is 14.3. The predicted molar refractivity (Wildman–Crippen MR) is 95.1 cm³/mol. The zero-order valence-corrected chi connectivity index (χ0v) is 14.3. The Hall–Kier alpha value is -2.07. The van der Waals surface area contributed by atoms with E-state index in [1.807, 2.05) is 18.2 Å². The fourth-order valence-corrected chi connectivity index (χ4v) is 3.36. The van der Waals surface area contributed by atoms with E-state index in [1.54, 1.807) is 11.9 Å². The van der Waals surface area contributed by atoms with Crippen LogP contribution in [-0.4, -0.2) is 37.5 Å². The van der Waals surface area contributed by atoms with Gasteiger partial charge < -0.3 is 9.80 Å². The quantitative estimate of drug-likeness (QED) is 0.833. The van der Waals surface area contributed by atoms with Crippen LogP contribution in [0.1, 0.15) is 16.8 Å². The maximum absolute atomic E-state index is 13.9. The average molecular weight is 347 g/mol. The third-order valence-corrected chi connectivity index (χ3v) is 4.68. The first-order valence-corrected chi connectivity index (χ1v) is 8.43. The topological polar surface area (TPSA) is 23.6 Å². The zero-order chi connectivity index (χ0) is 17.1. The van der Waals surface area contributed by atoms with Gasteiger partial charge in [0, 0.05) is 37.4 Å². The van der Waals surface area contributed by atoms with Gasteiger partial charge in [0.2, 0.25) is 0 Å². The number of rotatable bonds is 4. The number of benzene rings is 2.